The maximum absolute atomic E-state index is 11.1. The molecule has 0 spiro atoms. The number of carbonyl (C=O) groups is 1. The van der Waals surface area contributed by atoms with Crippen LogP contribution in [0.1, 0.15) is 25.7 Å². The van der Waals surface area contributed by atoms with Gasteiger partial charge in [-0.25, -0.2) is 0 Å². The number of primary amides is 1. The van der Waals surface area contributed by atoms with Gasteiger partial charge in [0.05, 0.1) is 6.54 Å². The van der Waals surface area contributed by atoms with E-state index in [0.717, 1.165) is 12.8 Å². The first kappa shape index (κ1) is 11.6. The molecule has 1 saturated carbocycles. The second-order valence-corrected chi connectivity index (χ2v) is 4.35. The lowest BCUT2D eigenvalue weighted by molar-refractivity contribution is -0.116. The Balaban J connectivity index is 2.19. The molecule has 2 rings (SSSR count). The zero-order valence-electron chi connectivity index (χ0n) is 9.67. The fourth-order valence-electron chi connectivity index (χ4n) is 2.27. The third-order valence-electron chi connectivity index (χ3n) is 3.06. The first-order valence-corrected chi connectivity index (χ1v) is 5.81. The van der Waals surface area contributed by atoms with E-state index in [1.807, 2.05) is 4.90 Å². The Labute approximate surface area is 100.0 Å². The first-order chi connectivity index (χ1) is 8.16. The summed E-state index contributed by atoms with van der Waals surface area (Å²) >= 11 is 0. The van der Waals surface area contributed by atoms with Gasteiger partial charge >= 0.3 is 0 Å². The molecular formula is C11H17N5O. The number of amides is 1. The van der Waals surface area contributed by atoms with Crippen molar-refractivity contribution >= 4 is 17.5 Å². The molecule has 0 aromatic carbocycles. The molecule has 0 atom stereocenters. The van der Waals surface area contributed by atoms with Crippen LogP contribution in [0.5, 0.6) is 0 Å². The number of nitrogen functional groups attached to an aromatic ring is 1. The van der Waals surface area contributed by atoms with E-state index in [0.29, 0.717) is 17.7 Å². The molecule has 92 valence electrons. The van der Waals surface area contributed by atoms with E-state index in [-0.39, 0.29) is 12.5 Å². The zero-order chi connectivity index (χ0) is 12.3. The molecule has 6 nitrogen and oxygen atoms in total. The Morgan fingerprint density at radius 3 is 2.59 bits per heavy atom. The molecule has 1 aliphatic carbocycles. The molecule has 1 aromatic rings. The van der Waals surface area contributed by atoms with Gasteiger partial charge in [0.25, 0.3) is 0 Å². The molecular weight excluding hydrogens is 218 g/mol. The highest BCUT2D eigenvalue weighted by atomic mass is 16.1. The standard InChI is InChI=1S/C11H17N5O/c12-9-5-6-11(15-14-9)16(7-10(13)17)8-3-1-2-4-8/h5-6,8H,1-4,7H2,(H2,12,14)(H2,13,17). The van der Waals surface area contributed by atoms with Crippen molar-refractivity contribution < 1.29 is 4.79 Å². The van der Waals surface area contributed by atoms with Crippen LogP contribution in [0, 0.1) is 0 Å². The van der Waals surface area contributed by atoms with Gasteiger partial charge in [-0.15, -0.1) is 10.2 Å². The third-order valence-corrected chi connectivity index (χ3v) is 3.06. The lowest BCUT2D eigenvalue weighted by Crippen LogP contribution is -2.40. The Morgan fingerprint density at radius 2 is 2.06 bits per heavy atom. The normalized spacial score (nSPS) is 16.0. The van der Waals surface area contributed by atoms with Crippen molar-refractivity contribution in [3.8, 4) is 0 Å². The van der Waals surface area contributed by atoms with Gasteiger partial charge in [-0.1, -0.05) is 12.8 Å². The molecule has 6 heteroatoms. The summed E-state index contributed by atoms with van der Waals surface area (Å²) in [4.78, 5) is 13.0. The summed E-state index contributed by atoms with van der Waals surface area (Å²) in [5.41, 5.74) is 10.8. The monoisotopic (exact) mass is 235 g/mol. The minimum atomic E-state index is -0.351. The van der Waals surface area contributed by atoms with Crippen molar-refractivity contribution in [2.24, 2.45) is 5.73 Å². The van der Waals surface area contributed by atoms with Gasteiger partial charge in [0, 0.05) is 6.04 Å². The van der Waals surface area contributed by atoms with Crippen molar-refractivity contribution in [3.63, 3.8) is 0 Å². The second kappa shape index (κ2) is 4.99. The molecule has 0 aliphatic heterocycles. The summed E-state index contributed by atoms with van der Waals surface area (Å²) in [6, 6.07) is 3.80. The minimum absolute atomic E-state index is 0.184. The van der Waals surface area contributed by atoms with Gasteiger partial charge < -0.3 is 16.4 Å². The SMILES string of the molecule is NC(=O)CN(c1ccc(N)nn1)C1CCCC1. The van der Waals surface area contributed by atoms with E-state index in [2.05, 4.69) is 10.2 Å². The van der Waals surface area contributed by atoms with Gasteiger partial charge in [-0.05, 0) is 25.0 Å². The fraction of sp³-hybridized carbons (Fsp3) is 0.545. The van der Waals surface area contributed by atoms with E-state index < -0.39 is 0 Å². The Bertz CT molecular complexity index is 385. The molecule has 1 heterocycles. The second-order valence-electron chi connectivity index (χ2n) is 4.35. The van der Waals surface area contributed by atoms with Gasteiger partial charge in [0.15, 0.2) is 5.82 Å². The van der Waals surface area contributed by atoms with E-state index in [1.54, 1.807) is 12.1 Å². The van der Waals surface area contributed by atoms with Crippen LogP contribution < -0.4 is 16.4 Å². The quantitative estimate of drug-likeness (QED) is 0.781. The minimum Gasteiger partial charge on any atom is -0.382 e. The van der Waals surface area contributed by atoms with Crippen molar-refractivity contribution in [3.05, 3.63) is 12.1 Å². The van der Waals surface area contributed by atoms with E-state index >= 15 is 0 Å². The molecule has 0 saturated heterocycles. The summed E-state index contributed by atoms with van der Waals surface area (Å²) in [6.07, 6.45) is 4.50. The molecule has 17 heavy (non-hydrogen) atoms. The Kier molecular flexibility index (Phi) is 3.41. The van der Waals surface area contributed by atoms with Crippen LogP contribution in [0.25, 0.3) is 0 Å². The van der Waals surface area contributed by atoms with Crippen LogP contribution >= 0.6 is 0 Å². The molecule has 1 aromatic heterocycles. The highest BCUT2D eigenvalue weighted by Gasteiger charge is 2.25. The smallest absolute Gasteiger partial charge is 0.237 e. The highest BCUT2D eigenvalue weighted by molar-refractivity contribution is 5.79. The Morgan fingerprint density at radius 1 is 1.35 bits per heavy atom. The summed E-state index contributed by atoms with van der Waals surface area (Å²) in [5, 5.41) is 7.83. The largest absolute Gasteiger partial charge is 0.382 e. The summed E-state index contributed by atoms with van der Waals surface area (Å²) in [6.45, 7) is 0.184. The van der Waals surface area contributed by atoms with Crippen molar-refractivity contribution in [1.29, 1.82) is 0 Å². The fourth-order valence-corrected chi connectivity index (χ4v) is 2.27. The number of nitrogens with two attached hydrogens (primary N) is 2. The van der Waals surface area contributed by atoms with Crippen LogP contribution in [0.4, 0.5) is 11.6 Å². The number of aromatic nitrogens is 2. The molecule has 1 fully saturated rings. The van der Waals surface area contributed by atoms with Crippen LogP contribution in [-0.2, 0) is 4.79 Å². The summed E-state index contributed by atoms with van der Waals surface area (Å²) in [5.74, 6) is 0.694. The predicted octanol–water partition coefficient (Wildman–Crippen LogP) is 0.293. The van der Waals surface area contributed by atoms with E-state index in [1.165, 1.54) is 12.8 Å². The van der Waals surface area contributed by atoms with Crippen LogP contribution in [0.2, 0.25) is 0 Å². The number of anilines is 2. The first-order valence-electron chi connectivity index (χ1n) is 5.81. The predicted molar refractivity (Wildman–Crippen MR) is 65.2 cm³/mol. The molecule has 1 aliphatic rings. The van der Waals surface area contributed by atoms with Crippen LogP contribution in [0.3, 0.4) is 0 Å². The van der Waals surface area contributed by atoms with Crippen LogP contribution in [-0.4, -0.2) is 28.7 Å². The number of carbonyl (C=O) groups excluding carboxylic acids is 1. The average molecular weight is 235 g/mol. The van der Waals surface area contributed by atoms with E-state index in [4.69, 9.17) is 11.5 Å². The molecule has 0 bridgehead atoms. The molecule has 4 N–H and O–H groups in total. The average Bonchev–Trinajstić information content (AvgIpc) is 2.80. The molecule has 0 radical (unpaired) electrons. The molecule has 0 unspecified atom stereocenters. The lowest BCUT2D eigenvalue weighted by Gasteiger charge is -2.28. The highest BCUT2D eigenvalue weighted by Crippen LogP contribution is 2.26. The van der Waals surface area contributed by atoms with Gasteiger partial charge in [-0.2, -0.15) is 0 Å². The van der Waals surface area contributed by atoms with Crippen molar-refractivity contribution in [1.82, 2.24) is 10.2 Å². The summed E-state index contributed by atoms with van der Waals surface area (Å²) < 4.78 is 0. The molecule has 1 amide bonds. The van der Waals surface area contributed by atoms with Crippen LogP contribution in [0.15, 0.2) is 12.1 Å². The van der Waals surface area contributed by atoms with Gasteiger partial charge in [0.2, 0.25) is 5.91 Å². The van der Waals surface area contributed by atoms with E-state index in [9.17, 15) is 4.79 Å². The topological polar surface area (TPSA) is 98.1 Å². The summed E-state index contributed by atoms with van der Waals surface area (Å²) in [7, 11) is 0. The number of nitrogens with zero attached hydrogens (tertiary/aromatic N) is 3. The van der Waals surface area contributed by atoms with Crippen molar-refractivity contribution in [2.75, 3.05) is 17.2 Å². The number of rotatable bonds is 4. The number of hydrogen-bond donors (Lipinski definition) is 2. The lowest BCUT2D eigenvalue weighted by atomic mass is 10.2. The van der Waals surface area contributed by atoms with Crippen molar-refractivity contribution in [2.45, 2.75) is 31.7 Å². The zero-order valence-corrected chi connectivity index (χ0v) is 9.67. The third kappa shape index (κ3) is 2.83. The van der Waals surface area contributed by atoms with Gasteiger partial charge in [-0.3, -0.25) is 4.79 Å². The maximum atomic E-state index is 11.1. The number of hydrogen-bond acceptors (Lipinski definition) is 5. The maximum Gasteiger partial charge on any atom is 0.237 e. The Hall–Kier alpha value is -1.85. The van der Waals surface area contributed by atoms with Gasteiger partial charge in [0.1, 0.15) is 5.82 Å².